The molecule has 8 nitrogen and oxygen atoms in total. The van der Waals surface area contributed by atoms with Crippen molar-refractivity contribution < 1.29 is 4.42 Å². The summed E-state index contributed by atoms with van der Waals surface area (Å²) in [6.07, 6.45) is 7.70. The molecule has 0 atom stereocenters. The van der Waals surface area contributed by atoms with Crippen LogP contribution in [0.2, 0.25) is 10.0 Å². The van der Waals surface area contributed by atoms with E-state index in [2.05, 4.69) is 25.6 Å². The van der Waals surface area contributed by atoms with Crippen LogP contribution in [0.4, 0.5) is 5.82 Å². The Morgan fingerprint density at radius 1 is 1.03 bits per heavy atom. The topological polar surface area (TPSA) is 108 Å². The minimum absolute atomic E-state index is 0.217. The van der Waals surface area contributed by atoms with Gasteiger partial charge in [0.15, 0.2) is 0 Å². The van der Waals surface area contributed by atoms with E-state index < -0.39 is 0 Å². The SMILES string of the molecule is Nc1ncc(-c2cnn(C3CCNCC3)c2)cc1-c1nnc(-c2c(Cl)cccc2Cl)o1. The maximum atomic E-state index is 6.26. The molecule has 0 aliphatic carbocycles. The van der Waals surface area contributed by atoms with E-state index in [9.17, 15) is 0 Å². The van der Waals surface area contributed by atoms with E-state index in [1.807, 2.05) is 23.1 Å². The van der Waals surface area contributed by atoms with Gasteiger partial charge in [0.2, 0.25) is 0 Å². The second kappa shape index (κ2) is 8.30. The molecule has 4 aromatic rings. The van der Waals surface area contributed by atoms with Crippen LogP contribution in [-0.2, 0) is 0 Å². The normalized spacial score (nSPS) is 14.8. The Kier molecular flexibility index (Phi) is 5.35. The highest BCUT2D eigenvalue weighted by atomic mass is 35.5. The van der Waals surface area contributed by atoms with Gasteiger partial charge >= 0.3 is 0 Å². The maximum absolute atomic E-state index is 6.26. The van der Waals surface area contributed by atoms with Crippen molar-refractivity contribution in [1.29, 1.82) is 0 Å². The lowest BCUT2D eigenvalue weighted by molar-refractivity contribution is 0.343. The minimum Gasteiger partial charge on any atom is -0.416 e. The molecule has 0 amide bonds. The number of anilines is 1. The first-order chi connectivity index (χ1) is 15.1. The number of hydrogen-bond acceptors (Lipinski definition) is 7. The van der Waals surface area contributed by atoms with Crippen LogP contribution < -0.4 is 11.1 Å². The number of rotatable bonds is 4. The predicted molar refractivity (Wildman–Crippen MR) is 120 cm³/mol. The molecule has 0 spiro atoms. The Labute approximate surface area is 188 Å². The zero-order chi connectivity index (χ0) is 21.4. The maximum Gasteiger partial charge on any atom is 0.251 e. The van der Waals surface area contributed by atoms with Crippen LogP contribution in [0, 0.1) is 0 Å². The third-order valence-corrected chi connectivity index (χ3v) is 6.00. The van der Waals surface area contributed by atoms with Crippen molar-refractivity contribution >= 4 is 29.0 Å². The fourth-order valence-corrected chi connectivity index (χ4v) is 4.26. The van der Waals surface area contributed by atoms with Crippen LogP contribution in [-0.4, -0.2) is 38.1 Å². The van der Waals surface area contributed by atoms with Gasteiger partial charge in [-0.25, -0.2) is 4.98 Å². The molecule has 0 radical (unpaired) electrons. The van der Waals surface area contributed by atoms with Crippen LogP contribution >= 0.6 is 23.2 Å². The molecule has 1 aliphatic rings. The predicted octanol–water partition coefficient (Wildman–Crippen LogP) is 4.48. The summed E-state index contributed by atoms with van der Waals surface area (Å²) < 4.78 is 7.87. The molecule has 1 aliphatic heterocycles. The van der Waals surface area contributed by atoms with Crippen LogP contribution in [0.5, 0.6) is 0 Å². The van der Waals surface area contributed by atoms with Crippen molar-refractivity contribution in [1.82, 2.24) is 30.3 Å². The summed E-state index contributed by atoms with van der Waals surface area (Å²) in [5.41, 5.74) is 8.94. The Balaban J connectivity index is 1.47. The van der Waals surface area contributed by atoms with Gasteiger partial charge < -0.3 is 15.5 Å². The summed E-state index contributed by atoms with van der Waals surface area (Å²) in [5, 5.41) is 17.0. The summed E-state index contributed by atoms with van der Waals surface area (Å²) in [6.45, 7) is 2.00. The fraction of sp³-hybridized carbons (Fsp3) is 0.238. The number of benzene rings is 1. The average molecular weight is 456 g/mol. The van der Waals surface area contributed by atoms with Gasteiger partial charge in [-0.15, -0.1) is 10.2 Å². The highest BCUT2D eigenvalue weighted by Gasteiger charge is 2.20. The van der Waals surface area contributed by atoms with Gasteiger partial charge in [-0.05, 0) is 44.1 Å². The smallest absolute Gasteiger partial charge is 0.251 e. The molecule has 5 rings (SSSR count). The first-order valence-corrected chi connectivity index (χ1v) is 10.6. The van der Waals surface area contributed by atoms with Gasteiger partial charge in [-0.1, -0.05) is 29.3 Å². The average Bonchev–Trinajstić information content (AvgIpc) is 3.45. The molecule has 0 unspecified atom stereocenters. The number of pyridine rings is 1. The van der Waals surface area contributed by atoms with E-state index in [4.69, 9.17) is 33.4 Å². The Hall–Kier alpha value is -2.94. The minimum atomic E-state index is 0.217. The molecule has 0 saturated carbocycles. The Morgan fingerprint density at radius 2 is 1.77 bits per heavy atom. The van der Waals surface area contributed by atoms with Gasteiger partial charge in [-0.3, -0.25) is 4.68 Å². The summed E-state index contributed by atoms with van der Waals surface area (Å²) in [5.74, 6) is 0.743. The van der Waals surface area contributed by atoms with Crippen LogP contribution in [0.25, 0.3) is 34.0 Å². The first-order valence-electron chi connectivity index (χ1n) is 9.89. The first kappa shape index (κ1) is 20.0. The monoisotopic (exact) mass is 455 g/mol. The number of nitrogens with zero attached hydrogens (tertiary/aromatic N) is 5. The van der Waals surface area contributed by atoms with Crippen molar-refractivity contribution in [2.45, 2.75) is 18.9 Å². The second-order valence-electron chi connectivity index (χ2n) is 7.36. The number of nitrogens with one attached hydrogen (secondary N) is 1. The molecule has 1 aromatic carbocycles. The summed E-state index contributed by atoms with van der Waals surface area (Å²) in [7, 11) is 0. The van der Waals surface area contributed by atoms with Crippen molar-refractivity contribution in [3.05, 3.63) is 52.9 Å². The molecule has 10 heteroatoms. The Bertz CT molecular complexity index is 1210. The van der Waals surface area contributed by atoms with Crippen LogP contribution in [0.15, 0.2) is 47.3 Å². The van der Waals surface area contributed by atoms with Gasteiger partial charge in [0.1, 0.15) is 5.82 Å². The van der Waals surface area contributed by atoms with E-state index in [0.717, 1.165) is 37.1 Å². The molecular formula is C21H19Cl2N7O. The van der Waals surface area contributed by atoms with Crippen molar-refractivity contribution in [2.24, 2.45) is 0 Å². The van der Waals surface area contributed by atoms with Crippen LogP contribution in [0.3, 0.4) is 0 Å². The van der Waals surface area contributed by atoms with Gasteiger partial charge in [0, 0.05) is 23.5 Å². The van der Waals surface area contributed by atoms with E-state index in [0.29, 0.717) is 27.2 Å². The quantitative estimate of drug-likeness (QED) is 0.466. The Morgan fingerprint density at radius 3 is 2.55 bits per heavy atom. The molecule has 0 bridgehead atoms. The summed E-state index contributed by atoms with van der Waals surface area (Å²) >= 11 is 12.5. The number of piperidine rings is 1. The van der Waals surface area contributed by atoms with Gasteiger partial charge in [-0.2, -0.15) is 5.10 Å². The molecule has 1 saturated heterocycles. The molecule has 3 aromatic heterocycles. The number of nitrogens with two attached hydrogens (primary N) is 1. The molecule has 158 valence electrons. The summed E-state index contributed by atoms with van der Waals surface area (Å²) in [4.78, 5) is 4.32. The molecule has 1 fully saturated rings. The van der Waals surface area contributed by atoms with E-state index in [1.54, 1.807) is 24.4 Å². The zero-order valence-corrected chi connectivity index (χ0v) is 17.9. The lowest BCUT2D eigenvalue weighted by Crippen LogP contribution is -2.29. The van der Waals surface area contributed by atoms with E-state index in [-0.39, 0.29) is 17.6 Å². The second-order valence-corrected chi connectivity index (χ2v) is 8.17. The number of halogens is 2. The fourth-order valence-electron chi connectivity index (χ4n) is 3.70. The number of aromatic nitrogens is 5. The summed E-state index contributed by atoms with van der Waals surface area (Å²) in [6, 6.07) is 7.44. The molecule has 4 heterocycles. The largest absolute Gasteiger partial charge is 0.416 e. The molecular weight excluding hydrogens is 437 g/mol. The van der Waals surface area contributed by atoms with Gasteiger partial charge in [0.25, 0.3) is 11.8 Å². The van der Waals surface area contributed by atoms with Gasteiger partial charge in [0.05, 0.1) is 33.4 Å². The number of hydrogen-bond donors (Lipinski definition) is 2. The zero-order valence-electron chi connectivity index (χ0n) is 16.4. The van der Waals surface area contributed by atoms with Crippen molar-refractivity contribution in [3.8, 4) is 34.0 Å². The van der Waals surface area contributed by atoms with Crippen LogP contribution in [0.1, 0.15) is 18.9 Å². The number of nitrogen functional groups attached to an aromatic ring is 1. The highest BCUT2D eigenvalue weighted by molar-refractivity contribution is 6.38. The third kappa shape index (κ3) is 3.89. The molecule has 31 heavy (non-hydrogen) atoms. The van der Waals surface area contributed by atoms with E-state index >= 15 is 0 Å². The highest BCUT2D eigenvalue weighted by Crippen LogP contribution is 2.36. The third-order valence-electron chi connectivity index (χ3n) is 5.37. The van der Waals surface area contributed by atoms with E-state index in [1.165, 1.54) is 0 Å². The standard InChI is InChI=1S/C21H19Cl2N7O/c22-16-2-1-3-17(23)18(16)21-29-28-20(31-21)15-8-12(9-26-19(15)24)13-10-27-30(11-13)14-4-6-25-7-5-14/h1-3,8-11,14,25H,4-7H2,(H2,24,26). The molecule has 3 N–H and O–H groups in total. The van der Waals surface area contributed by atoms with Crippen molar-refractivity contribution in [3.63, 3.8) is 0 Å². The lowest BCUT2D eigenvalue weighted by atomic mass is 10.1. The lowest BCUT2D eigenvalue weighted by Gasteiger charge is -2.22. The van der Waals surface area contributed by atoms with Crippen molar-refractivity contribution in [2.75, 3.05) is 18.8 Å².